The van der Waals surface area contributed by atoms with Crippen molar-refractivity contribution in [2.24, 2.45) is 0 Å². The van der Waals surface area contributed by atoms with E-state index in [-0.39, 0.29) is 5.56 Å². The Labute approximate surface area is 152 Å². The third-order valence-corrected chi connectivity index (χ3v) is 4.79. The summed E-state index contributed by atoms with van der Waals surface area (Å²) in [6.45, 7) is 0.927. The number of benzene rings is 2. The van der Waals surface area contributed by atoms with Crippen LogP contribution in [0.3, 0.4) is 0 Å². The molecule has 0 atom stereocenters. The van der Waals surface area contributed by atoms with Crippen LogP contribution >= 0.6 is 0 Å². The maximum atomic E-state index is 11.1. The van der Waals surface area contributed by atoms with Crippen LogP contribution in [0.4, 0.5) is 5.82 Å². The topological polar surface area (TPSA) is 67.1 Å². The number of carboxylic acids is 1. The minimum Gasteiger partial charge on any atom is -0.478 e. The van der Waals surface area contributed by atoms with Crippen molar-refractivity contribution >= 4 is 11.8 Å². The normalized spacial score (nSPS) is 13.5. The van der Waals surface area contributed by atoms with Gasteiger partial charge < -0.3 is 10.4 Å². The molecule has 0 unspecified atom stereocenters. The Hall–Kier alpha value is -3.08. The first kappa shape index (κ1) is 16.4. The summed E-state index contributed by atoms with van der Waals surface area (Å²) in [5.41, 5.74) is 4.76. The van der Waals surface area contributed by atoms with E-state index in [1.807, 2.05) is 35.0 Å². The van der Waals surface area contributed by atoms with Gasteiger partial charge >= 0.3 is 5.97 Å². The molecule has 1 aromatic heterocycles. The van der Waals surface area contributed by atoms with Gasteiger partial charge in [0.05, 0.1) is 16.9 Å². The number of carbonyl (C=O) groups is 1. The van der Waals surface area contributed by atoms with Crippen LogP contribution in [0.15, 0.2) is 54.6 Å². The molecule has 1 aliphatic rings. The highest BCUT2D eigenvalue weighted by molar-refractivity contribution is 5.87. The minimum atomic E-state index is -0.918. The molecule has 5 heteroatoms. The number of hydrogen-bond donors (Lipinski definition) is 2. The van der Waals surface area contributed by atoms with E-state index in [1.165, 1.54) is 11.1 Å². The fraction of sp³-hybridized carbons (Fsp3) is 0.238. The Bertz CT molecular complexity index is 914. The first-order chi connectivity index (χ1) is 12.7. The Kier molecular flexibility index (Phi) is 4.44. The van der Waals surface area contributed by atoms with Gasteiger partial charge in [0.1, 0.15) is 5.82 Å². The lowest BCUT2D eigenvalue weighted by Crippen LogP contribution is -2.07. The largest absolute Gasteiger partial charge is 0.478 e. The Morgan fingerprint density at radius 1 is 1.08 bits per heavy atom. The predicted molar refractivity (Wildman–Crippen MR) is 101 cm³/mol. The second kappa shape index (κ2) is 7.04. The predicted octanol–water partition coefficient (Wildman–Crippen LogP) is 3.91. The van der Waals surface area contributed by atoms with Gasteiger partial charge in [0.15, 0.2) is 0 Å². The van der Waals surface area contributed by atoms with E-state index < -0.39 is 5.97 Å². The molecule has 0 bridgehead atoms. The Balaban J connectivity index is 1.75. The molecule has 0 amide bonds. The van der Waals surface area contributed by atoms with E-state index in [0.717, 1.165) is 49.4 Å². The molecule has 0 radical (unpaired) electrons. The van der Waals surface area contributed by atoms with Crippen molar-refractivity contribution in [1.29, 1.82) is 0 Å². The lowest BCUT2D eigenvalue weighted by molar-refractivity contribution is 0.0697. The fourth-order valence-electron chi connectivity index (χ4n) is 3.44. The zero-order valence-electron chi connectivity index (χ0n) is 14.5. The van der Waals surface area contributed by atoms with Crippen molar-refractivity contribution < 1.29 is 9.90 Å². The molecule has 2 aromatic carbocycles. The van der Waals surface area contributed by atoms with E-state index in [9.17, 15) is 4.79 Å². The van der Waals surface area contributed by atoms with Crippen LogP contribution in [0.1, 0.15) is 40.0 Å². The Morgan fingerprint density at radius 3 is 2.58 bits per heavy atom. The maximum absolute atomic E-state index is 11.1. The molecule has 0 saturated heterocycles. The van der Waals surface area contributed by atoms with E-state index in [0.29, 0.717) is 0 Å². The van der Waals surface area contributed by atoms with Gasteiger partial charge in [-0.3, -0.25) is 0 Å². The molecule has 3 aromatic rings. The summed E-state index contributed by atoms with van der Waals surface area (Å²) in [6.07, 6.45) is 4.09. The number of aromatic nitrogens is 2. The highest BCUT2D eigenvalue weighted by Gasteiger charge is 2.20. The minimum absolute atomic E-state index is 0.282. The van der Waals surface area contributed by atoms with Crippen molar-refractivity contribution in [3.05, 3.63) is 77.0 Å². The summed E-state index contributed by atoms with van der Waals surface area (Å²) in [6, 6.07) is 17.2. The monoisotopic (exact) mass is 347 g/mol. The average Bonchev–Trinajstić information content (AvgIpc) is 2.83. The van der Waals surface area contributed by atoms with Gasteiger partial charge in [-0.25, -0.2) is 9.48 Å². The van der Waals surface area contributed by atoms with Gasteiger partial charge in [-0.2, -0.15) is 5.10 Å². The molecule has 0 aliphatic carbocycles. The van der Waals surface area contributed by atoms with Crippen LogP contribution in [0.25, 0.3) is 5.69 Å². The summed E-state index contributed by atoms with van der Waals surface area (Å²) in [4.78, 5) is 11.1. The molecule has 0 fully saturated rings. The zero-order valence-corrected chi connectivity index (χ0v) is 14.5. The SMILES string of the molecule is O=C(O)c1ccc(-n2nc(Cc3ccccc3)c3c2NCCCC3)cc1. The number of rotatable bonds is 4. The molecule has 0 saturated carbocycles. The maximum Gasteiger partial charge on any atom is 0.335 e. The number of hydrogen-bond acceptors (Lipinski definition) is 3. The first-order valence-corrected chi connectivity index (χ1v) is 8.94. The molecule has 4 rings (SSSR count). The van der Waals surface area contributed by atoms with Gasteiger partial charge in [0.25, 0.3) is 0 Å². The summed E-state index contributed by atoms with van der Waals surface area (Å²) in [5.74, 6) is 0.121. The molecule has 26 heavy (non-hydrogen) atoms. The standard InChI is InChI=1S/C21H21N3O2/c25-21(26)16-9-11-17(12-10-16)24-20-18(8-4-5-13-22-20)19(23-24)14-15-6-2-1-3-7-15/h1-3,6-7,9-12,22H,4-5,8,13-14H2,(H,25,26). The van der Waals surface area contributed by atoms with Gasteiger partial charge in [-0.05, 0) is 49.1 Å². The number of nitrogens with zero attached hydrogens (tertiary/aromatic N) is 2. The quantitative estimate of drug-likeness (QED) is 0.751. The van der Waals surface area contributed by atoms with Crippen molar-refractivity contribution in [2.75, 3.05) is 11.9 Å². The number of fused-ring (bicyclic) bond motifs is 1. The average molecular weight is 347 g/mol. The molecule has 5 nitrogen and oxygen atoms in total. The molecular weight excluding hydrogens is 326 g/mol. The van der Waals surface area contributed by atoms with Crippen LogP contribution in [0.5, 0.6) is 0 Å². The molecule has 2 N–H and O–H groups in total. The van der Waals surface area contributed by atoms with Crippen molar-refractivity contribution in [2.45, 2.75) is 25.7 Å². The number of aromatic carboxylic acids is 1. The summed E-state index contributed by atoms with van der Waals surface area (Å²) in [5, 5.41) is 17.5. The lowest BCUT2D eigenvalue weighted by Gasteiger charge is -2.09. The van der Waals surface area contributed by atoms with Crippen LogP contribution in [0.2, 0.25) is 0 Å². The lowest BCUT2D eigenvalue weighted by atomic mass is 10.0. The third kappa shape index (κ3) is 3.20. The molecular formula is C21H21N3O2. The summed E-state index contributed by atoms with van der Waals surface area (Å²) >= 11 is 0. The highest BCUT2D eigenvalue weighted by atomic mass is 16.4. The number of carboxylic acid groups (broad SMARTS) is 1. The van der Waals surface area contributed by atoms with Crippen LogP contribution in [-0.4, -0.2) is 27.4 Å². The van der Waals surface area contributed by atoms with Gasteiger partial charge in [-0.1, -0.05) is 30.3 Å². The highest BCUT2D eigenvalue weighted by Crippen LogP contribution is 2.29. The second-order valence-electron chi connectivity index (χ2n) is 6.58. The van der Waals surface area contributed by atoms with E-state index in [4.69, 9.17) is 10.2 Å². The number of nitrogens with one attached hydrogen (secondary N) is 1. The van der Waals surface area contributed by atoms with Gasteiger partial charge in [-0.15, -0.1) is 0 Å². The first-order valence-electron chi connectivity index (χ1n) is 8.94. The van der Waals surface area contributed by atoms with E-state index >= 15 is 0 Å². The molecule has 132 valence electrons. The molecule has 0 spiro atoms. The van der Waals surface area contributed by atoms with Crippen LogP contribution in [0, 0.1) is 0 Å². The third-order valence-electron chi connectivity index (χ3n) is 4.79. The second-order valence-corrected chi connectivity index (χ2v) is 6.58. The number of anilines is 1. The van der Waals surface area contributed by atoms with E-state index in [2.05, 4.69) is 17.4 Å². The molecule has 1 aliphatic heterocycles. The van der Waals surface area contributed by atoms with Crippen molar-refractivity contribution in [3.63, 3.8) is 0 Å². The fourth-order valence-corrected chi connectivity index (χ4v) is 3.44. The van der Waals surface area contributed by atoms with Crippen molar-refractivity contribution in [3.8, 4) is 5.69 Å². The van der Waals surface area contributed by atoms with Crippen molar-refractivity contribution in [1.82, 2.24) is 9.78 Å². The molecule has 2 heterocycles. The van der Waals surface area contributed by atoms with Gasteiger partial charge in [0, 0.05) is 18.5 Å². The van der Waals surface area contributed by atoms with E-state index in [1.54, 1.807) is 12.1 Å². The summed E-state index contributed by atoms with van der Waals surface area (Å²) < 4.78 is 1.92. The van der Waals surface area contributed by atoms with Gasteiger partial charge in [0.2, 0.25) is 0 Å². The smallest absolute Gasteiger partial charge is 0.335 e. The zero-order chi connectivity index (χ0) is 17.9. The van der Waals surface area contributed by atoms with Crippen LogP contribution in [-0.2, 0) is 12.8 Å². The summed E-state index contributed by atoms with van der Waals surface area (Å²) in [7, 11) is 0. The van der Waals surface area contributed by atoms with Crippen LogP contribution < -0.4 is 5.32 Å². The Morgan fingerprint density at radius 2 is 1.85 bits per heavy atom.